The molecule has 2 rings (SSSR count). The SMILES string of the molecule is CSCCC(NN)c1cccc2ccccc12. The topological polar surface area (TPSA) is 38.0 Å². The minimum Gasteiger partial charge on any atom is -0.271 e. The van der Waals surface area contributed by atoms with Crippen LogP contribution in [0.3, 0.4) is 0 Å². The summed E-state index contributed by atoms with van der Waals surface area (Å²) in [6, 6.07) is 15.1. The van der Waals surface area contributed by atoms with Crippen molar-refractivity contribution in [1.29, 1.82) is 0 Å². The van der Waals surface area contributed by atoms with E-state index in [1.807, 2.05) is 11.8 Å². The van der Waals surface area contributed by atoms with E-state index < -0.39 is 0 Å². The van der Waals surface area contributed by atoms with Crippen LogP contribution in [0.4, 0.5) is 0 Å². The van der Waals surface area contributed by atoms with E-state index in [1.54, 1.807) is 0 Å². The fourth-order valence-corrected chi connectivity index (χ4v) is 2.59. The highest BCUT2D eigenvalue weighted by Gasteiger charge is 2.11. The van der Waals surface area contributed by atoms with Crippen molar-refractivity contribution in [2.75, 3.05) is 12.0 Å². The van der Waals surface area contributed by atoms with Crippen LogP contribution in [0.25, 0.3) is 10.8 Å². The van der Waals surface area contributed by atoms with E-state index in [9.17, 15) is 0 Å². The maximum Gasteiger partial charge on any atom is 0.0474 e. The molecule has 90 valence electrons. The predicted molar refractivity (Wildman–Crippen MR) is 77.0 cm³/mol. The van der Waals surface area contributed by atoms with Gasteiger partial charge in [0.2, 0.25) is 0 Å². The van der Waals surface area contributed by atoms with Crippen LogP contribution in [-0.4, -0.2) is 12.0 Å². The number of nitrogens with two attached hydrogens (primary N) is 1. The van der Waals surface area contributed by atoms with Crippen LogP contribution in [0.2, 0.25) is 0 Å². The molecule has 0 radical (unpaired) electrons. The van der Waals surface area contributed by atoms with Crippen molar-refractivity contribution in [3.8, 4) is 0 Å². The average Bonchev–Trinajstić information content (AvgIpc) is 2.40. The molecule has 1 unspecified atom stereocenters. The Morgan fingerprint density at radius 2 is 1.94 bits per heavy atom. The summed E-state index contributed by atoms with van der Waals surface area (Å²) in [7, 11) is 0. The molecule has 0 aromatic heterocycles. The number of hydrazine groups is 1. The Hall–Kier alpha value is -1.03. The standard InChI is InChI=1S/C14H18N2S/c1-17-10-9-14(16-15)13-8-4-6-11-5-2-3-7-12(11)13/h2-8,14,16H,9-10,15H2,1H3. The summed E-state index contributed by atoms with van der Waals surface area (Å²) in [6.07, 6.45) is 3.17. The molecular formula is C14H18N2S. The first-order valence-electron chi connectivity index (χ1n) is 5.79. The lowest BCUT2D eigenvalue weighted by molar-refractivity contribution is 0.546. The molecule has 0 spiro atoms. The molecule has 0 bridgehead atoms. The van der Waals surface area contributed by atoms with Gasteiger partial charge in [0.25, 0.3) is 0 Å². The van der Waals surface area contributed by atoms with E-state index in [0.717, 1.165) is 12.2 Å². The lowest BCUT2D eigenvalue weighted by atomic mass is 9.98. The average molecular weight is 246 g/mol. The van der Waals surface area contributed by atoms with Crippen LogP contribution in [0.1, 0.15) is 18.0 Å². The molecule has 1 atom stereocenters. The second-order valence-corrected chi connectivity index (χ2v) is 5.05. The molecular weight excluding hydrogens is 228 g/mol. The molecule has 0 saturated heterocycles. The molecule has 0 saturated carbocycles. The molecule has 0 aliphatic heterocycles. The van der Waals surface area contributed by atoms with E-state index in [1.165, 1.54) is 16.3 Å². The normalized spacial score (nSPS) is 12.8. The van der Waals surface area contributed by atoms with E-state index in [4.69, 9.17) is 5.84 Å². The van der Waals surface area contributed by atoms with Crippen LogP contribution in [0.5, 0.6) is 0 Å². The number of hydrogen-bond acceptors (Lipinski definition) is 3. The first kappa shape index (κ1) is 12.4. The summed E-state index contributed by atoms with van der Waals surface area (Å²) in [5.41, 5.74) is 4.22. The highest BCUT2D eigenvalue weighted by Crippen LogP contribution is 2.26. The molecule has 0 aliphatic carbocycles. The number of fused-ring (bicyclic) bond motifs is 1. The largest absolute Gasteiger partial charge is 0.271 e. The summed E-state index contributed by atoms with van der Waals surface area (Å²) in [5, 5.41) is 2.56. The van der Waals surface area contributed by atoms with Gasteiger partial charge in [0.1, 0.15) is 0 Å². The number of rotatable bonds is 5. The number of thioether (sulfide) groups is 1. The minimum absolute atomic E-state index is 0.230. The zero-order valence-electron chi connectivity index (χ0n) is 10.0. The monoisotopic (exact) mass is 246 g/mol. The van der Waals surface area contributed by atoms with Crippen molar-refractivity contribution in [1.82, 2.24) is 5.43 Å². The first-order chi connectivity index (χ1) is 8.36. The van der Waals surface area contributed by atoms with E-state index in [2.05, 4.69) is 54.1 Å². The van der Waals surface area contributed by atoms with Crippen molar-refractivity contribution >= 4 is 22.5 Å². The molecule has 2 aromatic rings. The Balaban J connectivity index is 2.38. The lowest BCUT2D eigenvalue weighted by Gasteiger charge is -2.18. The first-order valence-corrected chi connectivity index (χ1v) is 7.19. The van der Waals surface area contributed by atoms with Crippen molar-refractivity contribution in [2.24, 2.45) is 5.84 Å². The second kappa shape index (κ2) is 6.05. The lowest BCUT2D eigenvalue weighted by Crippen LogP contribution is -2.28. The van der Waals surface area contributed by atoms with Crippen molar-refractivity contribution in [3.05, 3.63) is 48.0 Å². The molecule has 0 amide bonds. The molecule has 2 nitrogen and oxygen atoms in total. The molecule has 2 aromatic carbocycles. The van der Waals surface area contributed by atoms with Gasteiger partial charge < -0.3 is 0 Å². The molecule has 3 N–H and O–H groups in total. The van der Waals surface area contributed by atoms with Crippen LogP contribution in [-0.2, 0) is 0 Å². The fourth-order valence-electron chi connectivity index (χ4n) is 2.12. The van der Waals surface area contributed by atoms with Crippen LogP contribution < -0.4 is 11.3 Å². The quantitative estimate of drug-likeness (QED) is 0.629. The van der Waals surface area contributed by atoms with Gasteiger partial charge in [-0.2, -0.15) is 11.8 Å². The van der Waals surface area contributed by atoms with Gasteiger partial charge in [-0.05, 0) is 34.8 Å². The number of nitrogens with one attached hydrogen (secondary N) is 1. The maximum atomic E-state index is 5.68. The molecule has 17 heavy (non-hydrogen) atoms. The summed E-state index contributed by atoms with van der Waals surface area (Å²) < 4.78 is 0. The number of hydrogen-bond donors (Lipinski definition) is 2. The zero-order valence-corrected chi connectivity index (χ0v) is 10.8. The smallest absolute Gasteiger partial charge is 0.0474 e. The van der Waals surface area contributed by atoms with Crippen LogP contribution >= 0.6 is 11.8 Å². The van der Waals surface area contributed by atoms with Gasteiger partial charge in [-0.3, -0.25) is 11.3 Å². The summed E-state index contributed by atoms with van der Waals surface area (Å²) >= 11 is 1.85. The van der Waals surface area contributed by atoms with Gasteiger partial charge in [0.15, 0.2) is 0 Å². The third kappa shape index (κ3) is 2.80. The Kier molecular flexibility index (Phi) is 4.42. The Labute approximate surface area is 107 Å². The number of benzene rings is 2. The highest BCUT2D eigenvalue weighted by molar-refractivity contribution is 7.98. The maximum absolute atomic E-state index is 5.68. The van der Waals surface area contributed by atoms with Gasteiger partial charge in [0.05, 0.1) is 0 Å². The van der Waals surface area contributed by atoms with Crippen molar-refractivity contribution in [2.45, 2.75) is 12.5 Å². The Morgan fingerprint density at radius 3 is 2.71 bits per heavy atom. The van der Waals surface area contributed by atoms with Crippen LogP contribution in [0.15, 0.2) is 42.5 Å². The third-order valence-corrected chi connectivity index (χ3v) is 3.65. The highest BCUT2D eigenvalue weighted by atomic mass is 32.2. The Morgan fingerprint density at radius 1 is 1.18 bits per heavy atom. The summed E-state index contributed by atoms with van der Waals surface area (Å²) in [6.45, 7) is 0. The minimum atomic E-state index is 0.230. The van der Waals surface area contributed by atoms with Crippen molar-refractivity contribution < 1.29 is 0 Å². The fraction of sp³-hybridized carbons (Fsp3) is 0.286. The molecule has 3 heteroatoms. The molecule has 0 fully saturated rings. The zero-order chi connectivity index (χ0) is 12.1. The van der Waals surface area contributed by atoms with E-state index in [-0.39, 0.29) is 6.04 Å². The molecule has 0 heterocycles. The third-order valence-electron chi connectivity index (χ3n) is 3.01. The predicted octanol–water partition coefficient (Wildman–Crippen LogP) is 3.10. The van der Waals surface area contributed by atoms with Gasteiger partial charge in [-0.1, -0.05) is 42.5 Å². The van der Waals surface area contributed by atoms with Crippen molar-refractivity contribution in [3.63, 3.8) is 0 Å². The van der Waals surface area contributed by atoms with Gasteiger partial charge in [-0.25, -0.2) is 0 Å². The summed E-state index contributed by atoms with van der Waals surface area (Å²) in [4.78, 5) is 0. The van der Waals surface area contributed by atoms with Crippen LogP contribution in [0, 0.1) is 0 Å². The van der Waals surface area contributed by atoms with Gasteiger partial charge in [-0.15, -0.1) is 0 Å². The van der Waals surface area contributed by atoms with E-state index in [0.29, 0.717) is 0 Å². The second-order valence-electron chi connectivity index (χ2n) is 4.07. The molecule has 0 aliphatic rings. The van der Waals surface area contributed by atoms with Gasteiger partial charge in [0, 0.05) is 6.04 Å². The Bertz CT molecular complexity index is 479. The summed E-state index contributed by atoms with van der Waals surface area (Å²) in [5.74, 6) is 6.79. The van der Waals surface area contributed by atoms with E-state index >= 15 is 0 Å². The van der Waals surface area contributed by atoms with Gasteiger partial charge >= 0.3 is 0 Å².